The molecule has 1 heterocycles. The van der Waals surface area contributed by atoms with Crippen LogP contribution in [0.2, 0.25) is 0 Å². The number of rotatable bonds is 6. The molecule has 126 valence electrons. The number of benzene rings is 1. The molecule has 1 aromatic carbocycles. The molecular formula is C17H25IN4S. The highest BCUT2D eigenvalue weighted by Crippen LogP contribution is 2.11. The van der Waals surface area contributed by atoms with Crippen molar-refractivity contribution in [2.24, 2.45) is 4.99 Å². The summed E-state index contributed by atoms with van der Waals surface area (Å²) in [6.45, 7) is 6.66. The number of guanidine groups is 1. The van der Waals surface area contributed by atoms with Crippen LogP contribution in [0.4, 0.5) is 0 Å². The zero-order valence-corrected chi connectivity index (χ0v) is 17.1. The summed E-state index contributed by atoms with van der Waals surface area (Å²) in [5.74, 6) is 0.944. The van der Waals surface area contributed by atoms with E-state index in [9.17, 15) is 0 Å². The summed E-state index contributed by atoms with van der Waals surface area (Å²) in [5.41, 5.74) is 1.28. The van der Waals surface area contributed by atoms with Crippen molar-refractivity contribution in [1.29, 1.82) is 0 Å². The fourth-order valence-electron chi connectivity index (χ4n) is 2.18. The van der Waals surface area contributed by atoms with Crippen molar-refractivity contribution in [3.63, 3.8) is 0 Å². The largest absolute Gasteiger partial charge is 0.357 e. The maximum Gasteiger partial charge on any atom is 0.193 e. The predicted octanol–water partition coefficient (Wildman–Crippen LogP) is 3.71. The van der Waals surface area contributed by atoms with Gasteiger partial charge in [0.05, 0.1) is 5.01 Å². The average Bonchev–Trinajstić information content (AvgIpc) is 2.93. The van der Waals surface area contributed by atoms with Crippen molar-refractivity contribution in [3.05, 3.63) is 52.0 Å². The smallest absolute Gasteiger partial charge is 0.193 e. The molecule has 0 aliphatic heterocycles. The highest BCUT2D eigenvalue weighted by atomic mass is 127. The van der Waals surface area contributed by atoms with E-state index in [-0.39, 0.29) is 24.0 Å². The number of hydrogen-bond acceptors (Lipinski definition) is 3. The number of thiazole rings is 1. The van der Waals surface area contributed by atoms with E-state index in [4.69, 9.17) is 4.99 Å². The Morgan fingerprint density at radius 1 is 1.30 bits per heavy atom. The fraction of sp³-hybridized carbons (Fsp3) is 0.412. The van der Waals surface area contributed by atoms with Gasteiger partial charge < -0.3 is 10.2 Å². The molecule has 4 nitrogen and oxygen atoms in total. The Morgan fingerprint density at radius 2 is 2.04 bits per heavy atom. The summed E-state index contributed by atoms with van der Waals surface area (Å²) in [6.07, 6.45) is 2.82. The van der Waals surface area contributed by atoms with E-state index in [1.54, 1.807) is 11.3 Å². The first-order valence-electron chi connectivity index (χ1n) is 7.63. The summed E-state index contributed by atoms with van der Waals surface area (Å²) in [7, 11) is 2.07. The van der Waals surface area contributed by atoms with Gasteiger partial charge in [0.2, 0.25) is 0 Å². The summed E-state index contributed by atoms with van der Waals surface area (Å²) in [4.78, 5) is 12.5. The van der Waals surface area contributed by atoms with E-state index >= 15 is 0 Å². The van der Waals surface area contributed by atoms with Gasteiger partial charge in [0.1, 0.15) is 0 Å². The molecule has 0 spiro atoms. The third kappa shape index (κ3) is 6.87. The summed E-state index contributed by atoms with van der Waals surface area (Å²) in [5, 5.41) is 4.51. The van der Waals surface area contributed by atoms with Crippen molar-refractivity contribution in [3.8, 4) is 0 Å². The molecule has 0 fully saturated rings. The van der Waals surface area contributed by atoms with Crippen LogP contribution in [0.3, 0.4) is 0 Å². The lowest BCUT2D eigenvalue weighted by molar-refractivity contribution is 0.477. The normalized spacial score (nSPS) is 11.0. The average molecular weight is 444 g/mol. The lowest BCUT2D eigenvalue weighted by Crippen LogP contribution is -2.38. The second-order valence-electron chi connectivity index (χ2n) is 5.19. The number of aryl methyl sites for hydroxylation is 1. The monoisotopic (exact) mass is 444 g/mol. The van der Waals surface area contributed by atoms with Gasteiger partial charge in [-0.25, -0.2) is 4.98 Å². The first-order chi connectivity index (χ1) is 10.7. The first-order valence-corrected chi connectivity index (χ1v) is 8.45. The van der Waals surface area contributed by atoms with Crippen molar-refractivity contribution >= 4 is 41.3 Å². The molecule has 23 heavy (non-hydrogen) atoms. The second kappa shape index (κ2) is 10.6. The van der Waals surface area contributed by atoms with Gasteiger partial charge in [-0.15, -0.1) is 35.3 Å². The van der Waals surface area contributed by atoms with Crippen LogP contribution in [0.5, 0.6) is 0 Å². The second-order valence-corrected chi connectivity index (χ2v) is 6.51. The molecule has 0 radical (unpaired) electrons. The Kier molecular flexibility index (Phi) is 9.16. The van der Waals surface area contributed by atoms with Gasteiger partial charge in [0.15, 0.2) is 5.96 Å². The Balaban J connectivity index is 0.00000264. The quantitative estimate of drug-likeness (QED) is 0.420. The minimum Gasteiger partial charge on any atom is -0.357 e. The van der Waals surface area contributed by atoms with Crippen molar-refractivity contribution < 1.29 is 0 Å². The number of nitrogens with one attached hydrogen (secondary N) is 1. The summed E-state index contributed by atoms with van der Waals surface area (Å²) >= 11 is 1.75. The van der Waals surface area contributed by atoms with Crippen LogP contribution < -0.4 is 5.32 Å². The number of hydrogen-bond donors (Lipinski definition) is 1. The van der Waals surface area contributed by atoms with Crippen molar-refractivity contribution in [1.82, 2.24) is 15.2 Å². The van der Waals surface area contributed by atoms with Gasteiger partial charge in [-0.05, 0) is 19.4 Å². The van der Waals surface area contributed by atoms with Gasteiger partial charge in [-0.3, -0.25) is 4.99 Å². The molecule has 1 N–H and O–H groups in total. The molecule has 2 rings (SSSR count). The minimum atomic E-state index is 0. The van der Waals surface area contributed by atoms with Crippen LogP contribution >= 0.6 is 35.3 Å². The van der Waals surface area contributed by atoms with Gasteiger partial charge >= 0.3 is 0 Å². The fourth-order valence-corrected chi connectivity index (χ4v) is 2.95. The minimum absolute atomic E-state index is 0. The number of aromatic nitrogens is 1. The topological polar surface area (TPSA) is 40.5 Å². The molecule has 2 aromatic rings. The van der Waals surface area contributed by atoms with E-state index in [1.165, 1.54) is 10.4 Å². The van der Waals surface area contributed by atoms with E-state index in [1.807, 2.05) is 12.3 Å². The lowest BCUT2D eigenvalue weighted by Gasteiger charge is -2.22. The number of halogens is 1. The molecule has 0 amide bonds. The Hall–Kier alpha value is -1.15. The van der Waals surface area contributed by atoms with Crippen LogP contribution in [0.1, 0.15) is 22.4 Å². The van der Waals surface area contributed by atoms with Gasteiger partial charge in [-0.2, -0.15) is 0 Å². The third-order valence-corrected chi connectivity index (χ3v) is 4.19. The molecule has 0 aliphatic carbocycles. The van der Waals surface area contributed by atoms with Gasteiger partial charge in [0.25, 0.3) is 0 Å². The number of nitrogens with zero attached hydrogens (tertiary/aromatic N) is 3. The maximum absolute atomic E-state index is 4.71. The zero-order valence-electron chi connectivity index (χ0n) is 14.0. The van der Waals surface area contributed by atoms with Crippen LogP contribution in [0.25, 0.3) is 0 Å². The Labute approximate surface area is 160 Å². The highest BCUT2D eigenvalue weighted by Gasteiger charge is 2.06. The molecule has 0 saturated heterocycles. The van der Waals surface area contributed by atoms with E-state index in [0.717, 1.165) is 37.0 Å². The van der Waals surface area contributed by atoms with Gasteiger partial charge in [0, 0.05) is 44.2 Å². The van der Waals surface area contributed by atoms with Crippen molar-refractivity contribution in [2.75, 3.05) is 20.1 Å². The Bertz CT molecular complexity index is 598. The lowest BCUT2D eigenvalue weighted by atomic mass is 10.2. The molecule has 0 aliphatic rings. The van der Waals surface area contributed by atoms with E-state index in [2.05, 4.69) is 60.4 Å². The van der Waals surface area contributed by atoms with Crippen molar-refractivity contribution in [2.45, 2.75) is 26.8 Å². The van der Waals surface area contributed by atoms with Crippen LogP contribution in [0, 0.1) is 6.92 Å². The summed E-state index contributed by atoms with van der Waals surface area (Å²) < 4.78 is 0. The Morgan fingerprint density at radius 3 is 2.65 bits per heavy atom. The van der Waals surface area contributed by atoms with Crippen LogP contribution in [0.15, 0.2) is 41.5 Å². The SMILES string of the molecule is CCNC(=NCCc1ncc(C)s1)N(C)Cc1ccccc1.I. The maximum atomic E-state index is 4.71. The zero-order chi connectivity index (χ0) is 15.8. The molecule has 6 heteroatoms. The standard InChI is InChI=1S/C17H24N4S.HI/c1-4-18-17(19-11-10-16-20-12-14(2)22-16)21(3)13-15-8-6-5-7-9-15;/h5-9,12H,4,10-11,13H2,1-3H3,(H,18,19);1H. The van der Waals surface area contributed by atoms with Crippen LogP contribution in [-0.4, -0.2) is 36.0 Å². The molecular weight excluding hydrogens is 419 g/mol. The molecule has 0 atom stereocenters. The van der Waals surface area contributed by atoms with Crippen LogP contribution in [-0.2, 0) is 13.0 Å². The number of aliphatic imine (C=N–C) groups is 1. The highest BCUT2D eigenvalue weighted by molar-refractivity contribution is 14.0. The van der Waals surface area contributed by atoms with E-state index < -0.39 is 0 Å². The summed E-state index contributed by atoms with van der Waals surface area (Å²) in [6, 6.07) is 10.5. The molecule has 1 aromatic heterocycles. The predicted molar refractivity (Wildman–Crippen MR) is 110 cm³/mol. The first kappa shape index (κ1) is 19.9. The molecule has 0 bridgehead atoms. The van der Waals surface area contributed by atoms with Gasteiger partial charge in [-0.1, -0.05) is 30.3 Å². The van der Waals surface area contributed by atoms with E-state index in [0.29, 0.717) is 0 Å². The molecule has 0 saturated carbocycles. The third-order valence-electron chi connectivity index (χ3n) is 3.22. The molecule has 0 unspecified atom stereocenters.